The summed E-state index contributed by atoms with van der Waals surface area (Å²) in [6, 6.07) is 13.4. The predicted molar refractivity (Wildman–Crippen MR) is 106 cm³/mol. The van der Waals surface area contributed by atoms with Crippen LogP contribution in [0.2, 0.25) is 0 Å². The number of ether oxygens (including phenoxy) is 2. The summed E-state index contributed by atoms with van der Waals surface area (Å²) in [6.07, 6.45) is 2.27. The topological polar surface area (TPSA) is 50.8 Å². The minimum Gasteiger partial charge on any atom is -0.491 e. The quantitative estimate of drug-likeness (QED) is 0.755. The van der Waals surface area contributed by atoms with E-state index in [1.54, 1.807) is 30.3 Å². The highest BCUT2D eigenvalue weighted by atomic mass is 19.1. The summed E-state index contributed by atoms with van der Waals surface area (Å²) in [4.78, 5) is 14.4. The fourth-order valence-corrected chi connectivity index (χ4v) is 3.27. The van der Waals surface area contributed by atoms with E-state index in [1.807, 2.05) is 25.1 Å². The molecule has 2 aromatic carbocycles. The molecule has 1 amide bonds. The average molecular weight is 386 g/mol. The third-order valence-electron chi connectivity index (χ3n) is 4.89. The predicted octanol–water partition coefficient (Wildman–Crippen LogP) is 3.42. The summed E-state index contributed by atoms with van der Waals surface area (Å²) < 4.78 is 24.8. The third-order valence-corrected chi connectivity index (χ3v) is 4.89. The van der Waals surface area contributed by atoms with Gasteiger partial charge in [0, 0.05) is 18.7 Å². The van der Waals surface area contributed by atoms with E-state index in [1.165, 1.54) is 12.1 Å². The van der Waals surface area contributed by atoms with Gasteiger partial charge in [0.25, 0.3) is 5.91 Å². The summed E-state index contributed by atoms with van der Waals surface area (Å²) >= 11 is 0. The lowest BCUT2D eigenvalue weighted by Crippen LogP contribution is -2.34. The van der Waals surface area contributed by atoms with Gasteiger partial charge in [-0.2, -0.15) is 0 Å². The first-order chi connectivity index (χ1) is 13.5. The van der Waals surface area contributed by atoms with Gasteiger partial charge < -0.3 is 19.7 Å². The number of likely N-dealkylation sites (N-methyl/N-ethyl adjacent to an activating group) is 1. The van der Waals surface area contributed by atoms with Gasteiger partial charge in [0.05, 0.1) is 12.1 Å². The average Bonchev–Trinajstić information content (AvgIpc) is 3.20. The van der Waals surface area contributed by atoms with Crippen LogP contribution in [0.15, 0.2) is 48.5 Å². The summed E-state index contributed by atoms with van der Waals surface area (Å²) in [7, 11) is 3.81. The lowest BCUT2D eigenvalue weighted by atomic mass is 10.1. The molecule has 3 rings (SSSR count). The fourth-order valence-electron chi connectivity index (χ4n) is 3.27. The first-order valence-corrected chi connectivity index (χ1v) is 9.57. The lowest BCUT2D eigenvalue weighted by molar-refractivity contribution is 0.0679. The summed E-state index contributed by atoms with van der Waals surface area (Å²) in [5.41, 5.74) is 1.38. The van der Waals surface area contributed by atoms with Crippen molar-refractivity contribution in [1.29, 1.82) is 0 Å². The maximum absolute atomic E-state index is 13.5. The molecule has 1 heterocycles. The Labute approximate surface area is 165 Å². The molecule has 0 aliphatic carbocycles. The minimum absolute atomic E-state index is 0.117. The molecule has 1 saturated heterocycles. The van der Waals surface area contributed by atoms with Crippen LogP contribution in [0.4, 0.5) is 4.39 Å². The molecule has 1 aliphatic rings. The van der Waals surface area contributed by atoms with Gasteiger partial charge in [-0.1, -0.05) is 12.1 Å². The Morgan fingerprint density at radius 3 is 2.71 bits per heavy atom. The zero-order chi connectivity index (χ0) is 19.9. The molecule has 0 saturated carbocycles. The molecule has 1 N–H and O–H groups in total. The van der Waals surface area contributed by atoms with E-state index >= 15 is 0 Å². The molecule has 0 unspecified atom stereocenters. The Morgan fingerprint density at radius 1 is 1.29 bits per heavy atom. The van der Waals surface area contributed by atoms with Crippen molar-refractivity contribution in [1.82, 2.24) is 10.2 Å². The van der Waals surface area contributed by atoms with Crippen LogP contribution >= 0.6 is 0 Å². The number of nitrogens with zero attached hydrogens (tertiary/aromatic N) is 1. The molecule has 150 valence electrons. The lowest BCUT2D eigenvalue weighted by Gasteiger charge is -2.25. The number of amides is 1. The van der Waals surface area contributed by atoms with Crippen LogP contribution in [0.3, 0.4) is 0 Å². The Hall–Kier alpha value is -2.44. The zero-order valence-electron chi connectivity index (χ0n) is 16.4. The van der Waals surface area contributed by atoms with E-state index in [0.29, 0.717) is 18.7 Å². The molecule has 0 aromatic heterocycles. The van der Waals surface area contributed by atoms with E-state index in [9.17, 15) is 9.18 Å². The second-order valence-electron chi connectivity index (χ2n) is 7.21. The number of nitrogens with one attached hydrogen (secondary N) is 1. The maximum atomic E-state index is 13.5. The Bertz CT molecular complexity index is 774. The third kappa shape index (κ3) is 5.53. The number of carbonyl (C=O) groups is 1. The van der Waals surface area contributed by atoms with Crippen LogP contribution in [0.5, 0.6) is 5.75 Å². The monoisotopic (exact) mass is 386 g/mol. The van der Waals surface area contributed by atoms with Crippen molar-refractivity contribution in [2.45, 2.75) is 25.0 Å². The van der Waals surface area contributed by atoms with Crippen molar-refractivity contribution in [3.8, 4) is 5.75 Å². The molecular weight excluding hydrogens is 359 g/mol. The van der Waals surface area contributed by atoms with E-state index in [-0.39, 0.29) is 23.9 Å². The summed E-state index contributed by atoms with van der Waals surface area (Å²) in [5, 5.41) is 2.93. The SMILES string of the molecule is CN(C)[C@@H](CNC(=O)c1ccc(OC[C@H]2CCCO2)cc1)c1cccc(F)c1. The van der Waals surface area contributed by atoms with Crippen LogP contribution < -0.4 is 10.1 Å². The first kappa shape index (κ1) is 20.3. The second-order valence-corrected chi connectivity index (χ2v) is 7.21. The largest absolute Gasteiger partial charge is 0.491 e. The van der Waals surface area contributed by atoms with Crippen molar-refractivity contribution in [2.24, 2.45) is 0 Å². The van der Waals surface area contributed by atoms with Crippen molar-refractivity contribution in [3.05, 3.63) is 65.5 Å². The Balaban J connectivity index is 1.54. The molecule has 28 heavy (non-hydrogen) atoms. The highest BCUT2D eigenvalue weighted by Gasteiger charge is 2.17. The van der Waals surface area contributed by atoms with Gasteiger partial charge in [-0.3, -0.25) is 4.79 Å². The van der Waals surface area contributed by atoms with Gasteiger partial charge in [0.2, 0.25) is 0 Å². The van der Waals surface area contributed by atoms with E-state index in [0.717, 1.165) is 30.8 Å². The smallest absolute Gasteiger partial charge is 0.251 e. The van der Waals surface area contributed by atoms with Gasteiger partial charge in [-0.05, 0) is 68.9 Å². The van der Waals surface area contributed by atoms with Gasteiger partial charge in [-0.25, -0.2) is 4.39 Å². The standard InChI is InChI=1S/C22H27FN2O3/c1-25(2)21(17-5-3-6-18(23)13-17)14-24-22(26)16-8-10-19(11-9-16)28-15-20-7-4-12-27-20/h3,5-6,8-11,13,20-21H,4,7,12,14-15H2,1-2H3,(H,24,26)/t20-,21+/m1/s1. The van der Waals surface area contributed by atoms with Gasteiger partial charge in [-0.15, -0.1) is 0 Å². The van der Waals surface area contributed by atoms with Crippen LogP contribution in [0, 0.1) is 5.82 Å². The van der Waals surface area contributed by atoms with Crippen LogP contribution in [-0.2, 0) is 4.74 Å². The molecule has 0 spiro atoms. The van der Waals surface area contributed by atoms with Crippen LogP contribution in [-0.4, -0.2) is 50.8 Å². The molecule has 5 nitrogen and oxygen atoms in total. The number of hydrogen-bond acceptors (Lipinski definition) is 4. The highest BCUT2D eigenvalue weighted by Crippen LogP contribution is 2.19. The molecule has 0 radical (unpaired) electrons. The van der Waals surface area contributed by atoms with Crippen molar-refractivity contribution in [3.63, 3.8) is 0 Å². The van der Waals surface area contributed by atoms with E-state index in [2.05, 4.69) is 5.32 Å². The Morgan fingerprint density at radius 2 is 2.07 bits per heavy atom. The fraction of sp³-hybridized carbons (Fsp3) is 0.409. The normalized spacial score (nSPS) is 17.5. The van der Waals surface area contributed by atoms with Crippen molar-refractivity contribution < 1.29 is 18.7 Å². The van der Waals surface area contributed by atoms with Crippen molar-refractivity contribution >= 4 is 5.91 Å². The first-order valence-electron chi connectivity index (χ1n) is 9.57. The number of benzene rings is 2. The van der Waals surface area contributed by atoms with Crippen LogP contribution in [0.1, 0.15) is 34.8 Å². The molecule has 0 bridgehead atoms. The molecule has 6 heteroatoms. The second kappa shape index (κ2) is 9.66. The molecule has 1 fully saturated rings. The molecular formula is C22H27FN2O3. The van der Waals surface area contributed by atoms with Crippen molar-refractivity contribution in [2.75, 3.05) is 33.9 Å². The Kier molecular flexibility index (Phi) is 7.01. The number of halogens is 1. The molecule has 2 aromatic rings. The maximum Gasteiger partial charge on any atom is 0.251 e. The number of rotatable bonds is 8. The summed E-state index contributed by atoms with van der Waals surface area (Å²) in [5.74, 6) is 0.265. The van der Waals surface area contributed by atoms with Gasteiger partial charge in [0.15, 0.2) is 0 Å². The molecule has 2 atom stereocenters. The van der Waals surface area contributed by atoms with Gasteiger partial charge >= 0.3 is 0 Å². The van der Waals surface area contributed by atoms with Crippen LogP contribution in [0.25, 0.3) is 0 Å². The van der Waals surface area contributed by atoms with E-state index < -0.39 is 0 Å². The number of carbonyl (C=O) groups excluding carboxylic acids is 1. The molecule has 1 aliphatic heterocycles. The number of hydrogen-bond donors (Lipinski definition) is 1. The van der Waals surface area contributed by atoms with E-state index in [4.69, 9.17) is 9.47 Å². The summed E-state index contributed by atoms with van der Waals surface area (Å²) in [6.45, 7) is 1.72. The zero-order valence-corrected chi connectivity index (χ0v) is 16.4. The highest BCUT2D eigenvalue weighted by molar-refractivity contribution is 5.94. The van der Waals surface area contributed by atoms with Gasteiger partial charge in [0.1, 0.15) is 18.2 Å². The minimum atomic E-state index is -0.283.